The highest BCUT2D eigenvalue weighted by Gasteiger charge is 2.08. The molecule has 0 saturated carbocycles. The fourth-order valence-corrected chi connectivity index (χ4v) is 3.97. The Labute approximate surface area is 189 Å². The Balaban J connectivity index is 0.000000176. The summed E-state index contributed by atoms with van der Waals surface area (Å²) in [5.74, 6) is 1.49. The lowest BCUT2D eigenvalue weighted by atomic mass is 10.1. The van der Waals surface area contributed by atoms with Gasteiger partial charge in [-0.3, -0.25) is 18.7 Å². The second-order valence-corrected chi connectivity index (χ2v) is 8.49. The Bertz CT molecular complexity index is 1430. The van der Waals surface area contributed by atoms with Crippen LogP contribution in [-0.4, -0.2) is 19.1 Å². The molecule has 31 heavy (non-hydrogen) atoms. The highest BCUT2D eigenvalue weighted by Crippen LogP contribution is 2.18. The molecule has 0 spiro atoms. The Morgan fingerprint density at radius 1 is 0.710 bits per heavy atom. The number of alkyl halides is 1. The fraction of sp³-hybridized carbons (Fsp3) is 0.333. The summed E-state index contributed by atoms with van der Waals surface area (Å²) in [6.07, 6.45) is 0. The van der Waals surface area contributed by atoms with E-state index in [2.05, 4.69) is 25.9 Å². The lowest BCUT2D eigenvalue weighted by Gasteiger charge is -2.08. The predicted octanol–water partition coefficient (Wildman–Crippen LogP) is 4.30. The van der Waals surface area contributed by atoms with Gasteiger partial charge in [0.1, 0.15) is 11.6 Å². The van der Waals surface area contributed by atoms with Crippen molar-refractivity contribution in [3.8, 4) is 0 Å². The molecule has 0 N–H and O–H groups in total. The first-order chi connectivity index (χ1) is 14.5. The van der Waals surface area contributed by atoms with Crippen molar-refractivity contribution in [3.63, 3.8) is 0 Å². The largest absolute Gasteiger partial charge is 0.299 e. The van der Waals surface area contributed by atoms with Crippen LogP contribution in [0.2, 0.25) is 0 Å². The highest BCUT2D eigenvalue weighted by atomic mass is 79.9. The number of rotatable bonds is 1. The van der Waals surface area contributed by atoms with Gasteiger partial charge in [0.2, 0.25) is 0 Å². The maximum atomic E-state index is 12.0. The van der Waals surface area contributed by atoms with E-state index in [0.29, 0.717) is 10.8 Å². The minimum Gasteiger partial charge on any atom is -0.299 e. The van der Waals surface area contributed by atoms with Crippen LogP contribution in [0.1, 0.15) is 33.9 Å². The molecule has 6 nitrogen and oxygen atoms in total. The van der Waals surface area contributed by atoms with E-state index >= 15 is 0 Å². The number of hydrogen-bond donors (Lipinski definition) is 0. The summed E-state index contributed by atoms with van der Waals surface area (Å²) < 4.78 is 3.16. The standard InChI is InChI=1S/C12H13BrN2O.C12H14N2O/c1-7-4-11-10(5-9(7)6-13)12(16)15(3)8(2)14-11;1-7-5-10-11(6-8(7)2)13-9(3)14(4)12(10)15/h4-5H,6H2,1-3H3;5-6H,1-4H3. The quantitative estimate of drug-likeness (QED) is 0.379. The number of fused-ring (bicyclic) bond motifs is 2. The summed E-state index contributed by atoms with van der Waals surface area (Å²) in [4.78, 5) is 32.8. The molecule has 2 aromatic heterocycles. The van der Waals surface area contributed by atoms with E-state index in [9.17, 15) is 9.59 Å². The third-order valence-electron chi connectivity index (χ3n) is 5.82. The third-order valence-corrected chi connectivity index (χ3v) is 6.42. The zero-order chi connectivity index (χ0) is 23.0. The van der Waals surface area contributed by atoms with Crippen LogP contribution in [0.25, 0.3) is 21.8 Å². The van der Waals surface area contributed by atoms with Gasteiger partial charge < -0.3 is 0 Å². The monoisotopic (exact) mass is 482 g/mol. The van der Waals surface area contributed by atoms with Gasteiger partial charge in [0.15, 0.2) is 0 Å². The molecule has 0 radical (unpaired) electrons. The summed E-state index contributed by atoms with van der Waals surface area (Å²) in [5.41, 5.74) is 6.21. The van der Waals surface area contributed by atoms with E-state index in [1.54, 1.807) is 23.2 Å². The first kappa shape index (κ1) is 22.9. The minimum absolute atomic E-state index is 0.0182. The summed E-state index contributed by atoms with van der Waals surface area (Å²) in [5, 5.41) is 2.14. The smallest absolute Gasteiger partial charge is 0.261 e. The molecule has 0 aliphatic carbocycles. The summed E-state index contributed by atoms with van der Waals surface area (Å²) in [7, 11) is 3.50. The molecule has 0 unspecified atom stereocenters. The van der Waals surface area contributed by atoms with Crippen LogP contribution in [0.15, 0.2) is 33.9 Å². The van der Waals surface area contributed by atoms with Crippen molar-refractivity contribution in [2.45, 2.75) is 39.9 Å². The van der Waals surface area contributed by atoms with E-state index in [-0.39, 0.29) is 11.1 Å². The van der Waals surface area contributed by atoms with Crippen molar-refractivity contribution < 1.29 is 0 Å². The molecule has 0 amide bonds. The molecule has 4 rings (SSSR count). The minimum atomic E-state index is 0.0182. The SMILES string of the molecule is Cc1cc2nc(C)n(C)c(=O)c2cc1C.Cc1cc2nc(C)n(C)c(=O)c2cc1CBr. The number of hydrogen-bond acceptors (Lipinski definition) is 4. The Hall–Kier alpha value is -2.80. The van der Waals surface area contributed by atoms with E-state index in [1.165, 1.54) is 5.56 Å². The maximum Gasteiger partial charge on any atom is 0.261 e. The molecule has 2 heterocycles. The number of nitrogens with zero attached hydrogens (tertiary/aromatic N) is 4. The lowest BCUT2D eigenvalue weighted by Crippen LogP contribution is -2.20. The van der Waals surface area contributed by atoms with Crippen molar-refractivity contribution in [2.24, 2.45) is 14.1 Å². The molecule has 0 saturated heterocycles. The van der Waals surface area contributed by atoms with Gasteiger partial charge in [-0.05, 0) is 81.1 Å². The first-order valence-corrected chi connectivity index (χ1v) is 11.1. The Morgan fingerprint density at radius 3 is 1.61 bits per heavy atom. The molecule has 2 aromatic carbocycles. The number of benzene rings is 2. The molecule has 0 bridgehead atoms. The van der Waals surface area contributed by atoms with Crippen LogP contribution in [-0.2, 0) is 19.4 Å². The zero-order valence-electron chi connectivity index (χ0n) is 19.0. The molecule has 162 valence electrons. The van der Waals surface area contributed by atoms with Gasteiger partial charge in [0.25, 0.3) is 11.1 Å². The molecule has 0 aliphatic rings. The molecule has 0 aliphatic heterocycles. The van der Waals surface area contributed by atoms with E-state index in [0.717, 1.165) is 44.7 Å². The van der Waals surface area contributed by atoms with Gasteiger partial charge in [-0.1, -0.05) is 15.9 Å². The molecular formula is C24H27BrN4O2. The number of aryl methyl sites for hydroxylation is 5. The van der Waals surface area contributed by atoms with Crippen molar-refractivity contribution in [2.75, 3.05) is 0 Å². The van der Waals surface area contributed by atoms with E-state index in [1.807, 2.05) is 58.9 Å². The van der Waals surface area contributed by atoms with Crippen molar-refractivity contribution in [1.29, 1.82) is 0 Å². The average molecular weight is 483 g/mol. The maximum absolute atomic E-state index is 12.0. The predicted molar refractivity (Wildman–Crippen MR) is 130 cm³/mol. The van der Waals surface area contributed by atoms with Crippen molar-refractivity contribution in [1.82, 2.24) is 19.1 Å². The van der Waals surface area contributed by atoms with Crippen LogP contribution in [0, 0.1) is 34.6 Å². The topological polar surface area (TPSA) is 69.8 Å². The normalized spacial score (nSPS) is 11.0. The van der Waals surface area contributed by atoms with Crippen LogP contribution in [0.3, 0.4) is 0 Å². The summed E-state index contributed by atoms with van der Waals surface area (Å²) in [6.45, 7) is 9.76. The zero-order valence-corrected chi connectivity index (χ0v) is 20.6. The third kappa shape index (κ3) is 4.32. The van der Waals surface area contributed by atoms with Crippen LogP contribution >= 0.6 is 15.9 Å². The van der Waals surface area contributed by atoms with E-state index in [4.69, 9.17) is 0 Å². The van der Waals surface area contributed by atoms with Gasteiger partial charge in [0, 0.05) is 19.4 Å². The van der Waals surface area contributed by atoms with Gasteiger partial charge in [-0.2, -0.15) is 0 Å². The molecule has 0 fully saturated rings. The van der Waals surface area contributed by atoms with Crippen LogP contribution < -0.4 is 11.1 Å². The van der Waals surface area contributed by atoms with Crippen molar-refractivity contribution in [3.05, 3.63) is 78.9 Å². The van der Waals surface area contributed by atoms with Gasteiger partial charge in [-0.25, -0.2) is 9.97 Å². The second kappa shape index (κ2) is 8.75. The highest BCUT2D eigenvalue weighted by molar-refractivity contribution is 9.08. The number of aromatic nitrogens is 4. The van der Waals surface area contributed by atoms with Crippen LogP contribution in [0.5, 0.6) is 0 Å². The van der Waals surface area contributed by atoms with Gasteiger partial charge >= 0.3 is 0 Å². The average Bonchev–Trinajstić information content (AvgIpc) is 2.72. The fourth-order valence-electron chi connectivity index (χ4n) is 3.36. The van der Waals surface area contributed by atoms with Gasteiger partial charge in [-0.15, -0.1) is 0 Å². The lowest BCUT2D eigenvalue weighted by molar-refractivity contribution is 0.792. The first-order valence-electron chi connectivity index (χ1n) is 10.0. The number of halogens is 1. The Morgan fingerprint density at radius 2 is 1.13 bits per heavy atom. The molecule has 0 atom stereocenters. The Kier molecular flexibility index (Phi) is 6.46. The van der Waals surface area contributed by atoms with Gasteiger partial charge in [0.05, 0.1) is 21.8 Å². The molecular weight excluding hydrogens is 456 g/mol. The van der Waals surface area contributed by atoms with E-state index < -0.39 is 0 Å². The molecule has 7 heteroatoms. The van der Waals surface area contributed by atoms with Crippen LogP contribution in [0.4, 0.5) is 0 Å². The molecule has 4 aromatic rings. The van der Waals surface area contributed by atoms with Crippen molar-refractivity contribution >= 4 is 37.7 Å². The second-order valence-electron chi connectivity index (χ2n) is 7.93. The summed E-state index contributed by atoms with van der Waals surface area (Å²) in [6, 6.07) is 7.78. The summed E-state index contributed by atoms with van der Waals surface area (Å²) >= 11 is 3.42.